The van der Waals surface area contributed by atoms with Crippen molar-refractivity contribution in [2.45, 2.75) is 92.8 Å². The molecule has 2 N–H and O–H groups in total. The summed E-state index contributed by atoms with van der Waals surface area (Å²) in [6.45, 7) is 19.6. The Hall–Kier alpha value is -2.67. The highest BCUT2D eigenvalue weighted by Crippen LogP contribution is 2.29. The summed E-state index contributed by atoms with van der Waals surface area (Å²) in [5.74, 6) is -0.810. The van der Waals surface area contributed by atoms with E-state index in [0.717, 1.165) is 11.1 Å². The lowest BCUT2D eigenvalue weighted by Gasteiger charge is -2.40. The van der Waals surface area contributed by atoms with Crippen molar-refractivity contribution in [3.05, 3.63) is 47.0 Å². The minimum Gasteiger partial charge on any atom is -0.463 e. The Labute approximate surface area is 224 Å². The minimum atomic E-state index is -0.772. The molecule has 7 nitrogen and oxygen atoms in total. The zero-order valence-corrected chi connectivity index (χ0v) is 25.0. The first-order valence-electron chi connectivity index (χ1n) is 13.2. The van der Waals surface area contributed by atoms with Gasteiger partial charge in [0.05, 0.1) is 18.7 Å². The smallest absolute Gasteiger partial charge is 0.333 e. The van der Waals surface area contributed by atoms with Crippen LogP contribution in [0.15, 0.2) is 35.9 Å². The Morgan fingerprint density at radius 1 is 1.08 bits per heavy atom. The second-order valence-corrected chi connectivity index (χ2v) is 11.9. The van der Waals surface area contributed by atoms with Crippen LogP contribution >= 0.6 is 0 Å². The zero-order chi connectivity index (χ0) is 28.7. The van der Waals surface area contributed by atoms with Crippen LogP contribution in [0.4, 0.5) is 0 Å². The van der Waals surface area contributed by atoms with E-state index in [4.69, 9.17) is 4.74 Å². The maximum absolute atomic E-state index is 13.9. The quantitative estimate of drug-likeness (QED) is 0.337. The predicted molar refractivity (Wildman–Crippen MR) is 150 cm³/mol. The lowest BCUT2D eigenvalue weighted by atomic mass is 9.76. The molecule has 0 saturated carbocycles. The second kappa shape index (κ2) is 13.2. The van der Waals surface area contributed by atoms with Crippen LogP contribution in [0.25, 0.3) is 0 Å². The molecule has 1 rings (SSSR count). The molecule has 7 heteroatoms. The lowest BCUT2D eigenvalue weighted by Crippen LogP contribution is -2.61. The maximum atomic E-state index is 13.9. The van der Waals surface area contributed by atoms with E-state index < -0.39 is 28.9 Å². The standard InChI is InChI=1S/C30H49N3O4/c1-13-37-28(36)21(5)18-23(19(2)3)33(12)27(35)25(29(6,7)8)32-26(34)24(31-11)30(9,10)22-16-14-15-20(4)17-22/h14-19,23-25,31H,13H2,1-12H3,(H,32,34)/b21-18+/t23-,24-,25-/m1/s1. The van der Waals surface area contributed by atoms with Gasteiger partial charge < -0.3 is 20.3 Å². The predicted octanol–water partition coefficient (Wildman–Crippen LogP) is 4.38. The number of carbonyl (C=O) groups excluding carboxylic acids is 3. The van der Waals surface area contributed by atoms with E-state index in [1.165, 1.54) is 0 Å². The van der Waals surface area contributed by atoms with E-state index in [1.54, 1.807) is 38.9 Å². The summed E-state index contributed by atoms with van der Waals surface area (Å²) in [6.07, 6.45) is 1.78. The van der Waals surface area contributed by atoms with Gasteiger partial charge in [-0.1, -0.05) is 84.4 Å². The summed E-state index contributed by atoms with van der Waals surface area (Å²) < 4.78 is 5.12. The van der Waals surface area contributed by atoms with Gasteiger partial charge >= 0.3 is 5.97 Å². The highest BCUT2D eigenvalue weighted by molar-refractivity contribution is 5.92. The van der Waals surface area contributed by atoms with Crippen molar-refractivity contribution >= 4 is 17.8 Å². The molecule has 208 valence electrons. The third kappa shape index (κ3) is 8.42. The van der Waals surface area contributed by atoms with E-state index >= 15 is 0 Å². The molecule has 0 heterocycles. The Balaban J connectivity index is 3.31. The van der Waals surface area contributed by atoms with Crippen molar-refractivity contribution < 1.29 is 19.1 Å². The molecule has 37 heavy (non-hydrogen) atoms. The van der Waals surface area contributed by atoms with Gasteiger partial charge in [0, 0.05) is 18.0 Å². The molecule has 0 aliphatic heterocycles. The molecule has 0 saturated heterocycles. The number of carbonyl (C=O) groups is 3. The molecule has 0 aromatic heterocycles. The van der Waals surface area contributed by atoms with Gasteiger partial charge in [-0.15, -0.1) is 0 Å². The molecule has 1 aromatic rings. The van der Waals surface area contributed by atoms with E-state index in [2.05, 4.69) is 16.7 Å². The zero-order valence-electron chi connectivity index (χ0n) is 25.0. The van der Waals surface area contributed by atoms with Crippen LogP contribution in [0.1, 0.15) is 73.4 Å². The van der Waals surface area contributed by atoms with Gasteiger partial charge in [0.15, 0.2) is 0 Å². The van der Waals surface area contributed by atoms with Crippen molar-refractivity contribution in [3.63, 3.8) is 0 Å². The Morgan fingerprint density at radius 3 is 2.14 bits per heavy atom. The molecule has 0 radical (unpaired) electrons. The molecule has 3 atom stereocenters. The number of nitrogens with zero attached hydrogens (tertiary/aromatic N) is 1. The Kier molecular flexibility index (Phi) is 11.6. The third-order valence-electron chi connectivity index (χ3n) is 6.93. The summed E-state index contributed by atoms with van der Waals surface area (Å²) in [7, 11) is 3.48. The number of benzene rings is 1. The molecule has 0 bridgehead atoms. The summed E-state index contributed by atoms with van der Waals surface area (Å²) in [5.41, 5.74) is 1.54. The molecule has 0 spiro atoms. The van der Waals surface area contributed by atoms with Crippen molar-refractivity contribution in [2.75, 3.05) is 20.7 Å². The van der Waals surface area contributed by atoms with Crippen molar-refractivity contribution in [3.8, 4) is 0 Å². The van der Waals surface area contributed by atoms with Gasteiger partial charge in [-0.05, 0) is 44.7 Å². The molecule has 2 amide bonds. The molecular formula is C30H49N3O4. The number of likely N-dealkylation sites (N-methyl/N-ethyl adjacent to an activating group) is 2. The highest BCUT2D eigenvalue weighted by atomic mass is 16.5. The summed E-state index contributed by atoms with van der Waals surface area (Å²) in [5, 5.41) is 6.24. The molecule has 0 aliphatic rings. The summed E-state index contributed by atoms with van der Waals surface area (Å²) >= 11 is 0. The Bertz CT molecular complexity index is 975. The average molecular weight is 516 g/mol. The number of aryl methyl sites for hydroxylation is 1. The summed E-state index contributed by atoms with van der Waals surface area (Å²) in [4.78, 5) is 41.4. The van der Waals surface area contributed by atoms with Crippen molar-refractivity contribution in [1.29, 1.82) is 0 Å². The fourth-order valence-electron chi connectivity index (χ4n) is 4.58. The monoisotopic (exact) mass is 515 g/mol. The van der Waals surface area contributed by atoms with Gasteiger partial charge in [0.2, 0.25) is 11.8 Å². The molecule has 0 unspecified atom stereocenters. The van der Waals surface area contributed by atoms with Gasteiger partial charge in [-0.2, -0.15) is 0 Å². The van der Waals surface area contributed by atoms with Crippen LogP contribution < -0.4 is 10.6 Å². The van der Waals surface area contributed by atoms with Crippen LogP contribution in [0, 0.1) is 18.3 Å². The average Bonchev–Trinajstić information content (AvgIpc) is 2.79. The van der Waals surface area contributed by atoms with Crippen LogP contribution in [0.3, 0.4) is 0 Å². The van der Waals surface area contributed by atoms with Gasteiger partial charge in [-0.25, -0.2) is 4.79 Å². The van der Waals surface area contributed by atoms with Gasteiger partial charge in [-0.3, -0.25) is 9.59 Å². The number of rotatable bonds is 11. The first kappa shape index (κ1) is 32.4. The Morgan fingerprint density at radius 2 is 1.68 bits per heavy atom. The number of amides is 2. The molecule has 1 aromatic carbocycles. The number of hydrogen-bond acceptors (Lipinski definition) is 5. The number of hydrogen-bond donors (Lipinski definition) is 2. The van der Waals surface area contributed by atoms with Crippen molar-refractivity contribution in [1.82, 2.24) is 15.5 Å². The van der Waals surface area contributed by atoms with Crippen molar-refractivity contribution in [2.24, 2.45) is 11.3 Å². The fraction of sp³-hybridized carbons (Fsp3) is 0.633. The maximum Gasteiger partial charge on any atom is 0.333 e. The van der Waals surface area contributed by atoms with E-state index in [0.29, 0.717) is 5.57 Å². The van der Waals surface area contributed by atoms with Crippen LogP contribution in [-0.4, -0.2) is 61.5 Å². The normalized spacial score (nSPS) is 15.1. The number of ether oxygens (including phenoxy) is 1. The van der Waals surface area contributed by atoms with Crippen LogP contribution in [0.5, 0.6) is 0 Å². The second-order valence-electron chi connectivity index (χ2n) is 11.9. The molecule has 0 aliphatic carbocycles. The lowest BCUT2D eigenvalue weighted by molar-refractivity contribution is -0.141. The topological polar surface area (TPSA) is 87.7 Å². The number of esters is 1. The van der Waals surface area contributed by atoms with Crippen LogP contribution in [-0.2, 0) is 24.5 Å². The highest BCUT2D eigenvalue weighted by Gasteiger charge is 2.41. The van der Waals surface area contributed by atoms with E-state index in [9.17, 15) is 14.4 Å². The molecular weight excluding hydrogens is 466 g/mol. The van der Waals surface area contributed by atoms with Crippen LogP contribution in [0.2, 0.25) is 0 Å². The SMILES string of the molecule is CCOC(=O)/C(C)=C/[C@H](C(C)C)N(C)C(=O)[C@@H](NC(=O)[C@@H](NC)C(C)(C)c1cccc(C)c1)C(C)(C)C. The molecule has 0 fully saturated rings. The number of nitrogens with one attached hydrogen (secondary N) is 2. The summed E-state index contributed by atoms with van der Waals surface area (Å²) in [6, 6.07) is 6.45. The first-order chi connectivity index (χ1) is 17.0. The first-order valence-corrected chi connectivity index (χ1v) is 13.2. The van der Waals surface area contributed by atoms with E-state index in [-0.39, 0.29) is 30.4 Å². The van der Waals surface area contributed by atoms with Gasteiger partial charge in [0.25, 0.3) is 0 Å². The van der Waals surface area contributed by atoms with Gasteiger partial charge in [0.1, 0.15) is 6.04 Å². The fourth-order valence-corrected chi connectivity index (χ4v) is 4.58. The van der Waals surface area contributed by atoms with E-state index in [1.807, 2.05) is 73.6 Å². The minimum absolute atomic E-state index is 0.0416. The third-order valence-corrected chi connectivity index (χ3v) is 6.93. The largest absolute Gasteiger partial charge is 0.463 e.